The number of benzene rings is 3. The number of hydrogen-bond acceptors (Lipinski definition) is 4. The van der Waals surface area contributed by atoms with Crippen LogP contribution in [0.5, 0.6) is 5.75 Å². The molecule has 0 aromatic heterocycles. The number of ether oxygens (including phenoxy) is 1. The Hall–Kier alpha value is -2.29. The number of carbonyl (C=O) groups excluding carboxylic acids is 1. The Morgan fingerprint density at radius 3 is 2.47 bits per heavy atom. The van der Waals surface area contributed by atoms with Crippen molar-refractivity contribution < 1.29 is 9.53 Å². The number of rotatable bonds is 5. The number of hydrogen-bond donors (Lipinski definition) is 0. The van der Waals surface area contributed by atoms with Crippen LogP contribution in [0.1, 0.15) is 16.7 Å². The van der Waals surface area contributed by atoms with Gasteiger partial charge >= 0.3 is 0 Å². The maximum atomic E-state index is 13.7. The molecule has 0 radical (unpaired) electrons. The van der Waals surface area contributed by atoms with Crippen LogP contribution < -0.4 is 9.64 Å². The second-order valence-corrected chi connectivity index (χ2v) is 10.9. The molecule has 1 aliphatic rings. The molecule has 3 aromatic carbocycles. The van der Waals surface area contributed by atoms with Gasteiger partial charge in [-0.2, -0.15) is 0 Å². The van der Waals surface area contributed by atoms with Crippen molar-refractivity contribution in [2.24, 2.45) is 4.99 Å². The third-order valence-electron chi connectivity index (χ3n) is 5.09. The zero-order valence-corrected chi connectivity index (χ0v) is 23.6. The number of amidine groups is 1. The van der Waals surface area contributed by atoms with Gasteiger partial charge in [0.15, 0.2) is 5.17 Å². The lowest BCUT2D eigenvalue weighted by Crippen LogP contribution is -2.28. The quantitative estimate of drug-likeness (QED) is 0.160. The monoisotopic (exact) mass is 690 g/mol. The predicted octanol–water partition coefficient (Wildman–Crippen LogP) is 7.33. The van der Waals surface area contributed by atoms with E-state index in [-0.39, 0.29) is 12.5 Å². The molecule has 0 atom stereocenters. The Balaban J connectivity index is 1.84. The van der Waals surface area contributed by atoms with Gasteiger partial charge in [0, 0.05) is 9.13 Å². The van der Waals surface area contributed by atoms with Crippen LogP contribution in [0.15, 0.2) is 70.6 Å². The molecule has 0 unspecified atom stereocenters. The molecule has 0 spiro atoms. The fourth-order valence-corrected chi connectivity index (χ4v) is 6.55. The largest absolute Gasteiger partial charge is 0.479 e. The first kappa shape index (κ1) is 24.8. The van der Waals surface area contributed by atoms with E-state index in [0.29, 0.717) is 15.8 Å². The highest BCUT2D eigenvalue weighted by Gasteiger charge is 2.35. The fraction of sp³-hybridized carbons (Fsp3) is 0.111. The number of aliphatic imine (C=N–C) groups is 1. The molecule has 0 N–H and O–H groups in total. The molecule has 1 fully saturated rings. The van der Waals surface area contributed by atoms with Gasteiger partial charge < -0.3 is 4.74 Å². The number of thioether (sulfide) groups is 1. The first-order chi connectivity index (χ1) is 16.4. The summed E-state index contributed by atoms with van der Waals surface area (Å²) < 4.78 is 7.81. The molecule has 3 aromatic rings. The van der Waals surface area contributed by atoms with Crippen molar-refractivity contribution in [3.63, 3.8) is 0 Å². The summed E-state index contributed by atoms with van der Waals surface area (Å²) >= 11 is 5.85. The zero-order valence-electron chi connectivity index (χ0n) is 18.5. The summed E-state index contributed by atoms with van der Waals surface area (Å²) in [6.07, 6.45) is 7.28. The highest BCUT2D eigenvalue weighted by Crippen LogP contribution is 2.40. The van der Waals surface area contributed by atoms with Crippen molar-refractivity contribution in [3.05, 3.63) is 89.4 Å². The van der Waals surface area contributed by atoms with Gasteiger partial charge in [-0.3, -0.25) is 9.69 Å². The Morgan fingerprint density at radius 2 is 1.79 bits per heavy atom. The van der Waals surface area contributed by atoms with Crippen molar-refractivity contribution in [2.45, 2.75) is 13.8 Å². The van der Waals surface area contributed by atoms with Crippen LogP contribution in [0.25, 0.3) is 6.08 Å². The highest BCUT2D eigenvalue weighted by atomic mass is 127. The summed E-state index contributed by atoms with van der Waals surface area (Å²) in [7, 11) is 0. The lowest BCUT2D eigenvalue weighted by molar-refractivity contribution is -0.113. The van der Waals surface area contributed by atoms with Gasteiger partial charge in [0.2, 0.25) is 0 Å². The standard InChI is InChI=1S/C27H20I2N2O2S/c1-4-13-33-25-19(14-20(28)16-22(25)29)15-23-26(32)31(21-11-6-5-7-12-21)27(34-23)30-24-17(2)9-8-10-18(24)3/h1,5-12,14-16H,13H2,2-3H3/b23-15-,30-27?. The van der Waals surface area contributed by atoms with Crippen LogP contribution in [-0.4, -0.2) is 17.7 Å². The van der Waals surface area contributed by atoms with E-state index in [0.717, 1.165) is 35.2 Å². The van der Waals surface area contributed by atoms with Crippen LogP contribution in [0, 0.1) is 33.3 Å². The molecule has 7 heteroatoms. The Labute approximate surface area is 231 Å². The van der Waals surface area contributed by atoms with E-state index in [9.17, 15) is 4.79 Å². The van der Waals surface area contributed by atoms with E-state index < -0.39 is 0 Å². The first-order valence-corrected chi connectivity index (χ1v) is 13.4. The number of para-hydroxylation sites is 2. The minimum atomic E-state index is -0.127. The average Bonchev–Trinajstić information content (AvgIpc) is 3.11. The van der Waals surface area contributed by atoms with Crippen molar-refractivity contribution in [1.82, 2.24) is 0 Å². The van der Waals surface area contributed by atoms with Gasteiger partial charge in [-0.1, -0.05) is 42.3 Å². The number of amides is 1. The number of aryl methyl sites for hydroxylation is 2. The molecule has 170 valence electrons. The Bertz CT molecular complexity index is 1340. The van der Waals surface area contributed by atoms with Gasteiger partial charge in [0.25, 0.3) is 5.91 Å². The van der Waals surface area contributed by atoms with E-state index in [2.05, 4.69) is 51.1 Å². The molecule has 0 bridgehead atoms. The van der Waals surface area contributed by atoms with Gasteiger partial charge in [-0.05, 0) is 112 Å². The molecule has 4 nitrogen and oxygen atoms in total. The molecular weight excluding hydrogens is 670 g/mol. The fourth-order valence-electron chi connectivity index (χ4n) is 3.53. The Morgan fingerprint density at radius 1 is 1.09 bits per heavy atom. The minimum absolute atomic E-state index is 0.127. The third-order valence-corrected chi connectivity index (χ3v) is 7.48. The minimum Gasteiger partial charge on any atom is -0.479 e. The smallest absolute Gasteiger partial charge is 0.271 e. The van der Waals surface area contributed by atoms with E-state index in [4.69, 9.17) is 16.2 Å². The van der Waals surface area contributed by atoms with Crippen molar-refractivity contribution in [3.8, 4) is 18.1 Å². The molecule has 1 amide bonds. The molecule has 1 heterocycles. The number of halogens is 2. The van der Waals surface area contributed by atoms with Crippen LogP contribution in [0.3, 0.4) is 0 Å². The molecule has 4 rings (SSSR count). The van der Waals surface area contributed by atoms with Gasteiger partial charge in [0.05, 0.1) is 19.9 Å². The number of nitrogens with zero attached hydrogens (tertiary/aromatic N) is 2. The number of terminal acetylenes is 1. The van der Waals surface area contributed by atoms with E-state index in [1.807, 2.05) is 80.6 Å². The van der Waals surface area contributed by atoms with E-state index in [1.54, 1.807) is 4.90 Å². The van der Waals surface area contributed by atoms with E-state index >= 15 is 0 Å². The lowest BCUT2D eigenvalue weighted by Gasteiger charge is -2.16. The molecule has 1 saturated heterocycles. The van der Waals surface area contributed by atoms with Crippen LogP contribution >= 0.6 is 56.9 Å². The molecule has 0 aliphatic carbocycles. The molecule has 0 saturated carbocycles. The summed E-state index contributed by atoms with van der Waals surface area (Å²) in [6.45, 7) is 4.21. The SMILES string of the molecule is C#CCOc1c(I)cc(I)cc1/C=C1\SC(=Nc2c(C)cccc2C)N(c2ccccc2)C1=O. The topological polar surface area (TPSA) is 41.9 Å². The molecule has 34 heavy (non-hydrogen) atoms. The summed E-state index contributed by atoms with van der Waals surface area (Å²) in [4.78, 5) is 20.8. The van der Waals surface area contributed by atoms with Crippen molar-refractivity contribution in [2.75, 3.05) is 11.5 Å². The lowest BCUT2D eigenvalue weighted by atomic mass is 10.1. The highest BCUT2D eigenvalue weighted by molar-refractivity contribution is 14.1. The van der Waals surface area contributed by atoms with Crippen molar-refractivity contribution >= 4 is 85.5 Å². The summed E-state index contributed by atoms with van der Waals surface area (Å²) in [5, 5.41) is 0.617. The zero-order chi connectivity index (χ0) is 24.2. The predicted molar refractivity (Wildman–Crippen MR) is 159 cm³/mol. The summed E-state index contributed by atoms with van der Waals surface area (Å²) in [5.41, 5.74) is 4.58. The number of anilines is 1. The Kier molecular flexibility index (Phi) is 8.01. The second kappa shape index (κ2) is 11.0. The van der Waals surface area contributed by atoms with Crippen LogP contribution in [0.4, 0.5) is 11.4 Å². The first-order valence-electron chi connectivity index (χ1n) is 10.4. The maximum absolute atomic E-state index is 13.7. The number of carbonyl (C=O) groups is 1. The third kappa shape index (κ3) is 5.34. The maximum Gasteiger partial charge on any atom is 0.271 e. The van der Waals surface area contributed by atoms with Crippen molar-refractivity contribution in [1.29, 1.82) is 0 Å². The van der Waals surface area contributed by atoms with Crippen LogP contribution in [0.2, 0.25) is 0 Å². The van der Waals surface area contributed by atoms with E-state index in [1.165, 1.54) is 11.8 Å². The summed E-state index contributed by atoms with van der Waals surface area (Å²) in [6, 6.07) is 19.7. The van der Waals surface area contributed by atoms with Gasteiger partial charge in [-0.15, -0.1) is 6.42 Å². The molecular formula is C27H20I2N2O2S. The van der Waals surface area contributed by atoms with Gasteiger partial charge in [-0.25, -0.2) is 4.99 Å². The molecule has 1 aliphatic heterocycles. The average molecular weight is 690 g/mol. The second-order valence-electron chi connectivity index (χ2n) is 7.52. The summed E-state index contributed by atoms with van der Waals surface area (Å²) in [5.74, 6) is 3.06. The van der Waals surface area contributed by atoms with Crippen LogP contribution in [-0.2, 0) is 4.79 Å². The normalized spacial score (nSPS) is 15.7. The van der Waals surface area contributed by atoms with Gasteiger partial charge in [0.1, 0.15) is 12.4 Å².